The molecular formula is C13H8N3. The molecule has 3 nitrogen and oxygen atoms in total. The van der Waals surface area contributed by atoms with Gasteiger partial charge >= 0.3 is 0 Å². The average Bonchev–Trinajstić information content (AvgIpc) is 2.39. The van der Waals surface area contributed by atoms with Crippen LogP contribution in [0.15, 0.2) is 48.7 Å². The van der Waals surface area contributed by atoms with Crippen LogP contribution in [0.3, 0.4) is 0 Å². The SMILES string of the molecule is [c]1nc2ccccc2nc1-c1ccccn1. The average molecular weight is 206 g/mol. The van der Waals surface area contributed by atoms with Gasteiger partial charge in [0.05, 0.1) is 16.7 Å². The van der Waals surface area contributed by atoms with Gasteiger partial charge in [-0.05, 0) is 24.3 Å². The van der Waals surface area contributed by atoms with Crippen molar-refractivity contribution in [1.82, 2.24) is 15.0 Å². The van der Waals surface area contributed by atoms with E-state index in [-0.39, 0.29) is 0 Å². The summed E-state index contributed by atoms with van der Waals surface area (Å²) >= 11 is 0. The number of pyridine rings is 1. The van der Waals surface area contributed by atoms with Gasteiger partial charge in [-0.25, -0.2) is 9.97 Å². The van der Waals surface area contributed by atoms with Crippen molar-refractivity contribution in [3.8, 4) is 11.4 Å². The van der Waals surface area contributed by atoms with Crippen molar-refractivity contribution < 1.29 is 0 Å². The van der Waals surface area contributed by atoms with E-state index in [0.29, 0.717) is 5.69 Å². The molecule has 16 heavy (non-hydrogen) atoms. The summed E-state index contributed by atoms with van der Waals surface area (Å²) in [7, 11) is 0. The molecule has 0 aliphatic rings. The Morgan fingerprint density at radius 2 is 1.69 bits per heavy atom. The van der Waals surface area contributed by atoms with Gasteiger partial charge in [0.1, 0.15) is 11.9 Å². The van der Waals surface area contributed by atoms with Gasteiger partial charge in [-0.15, -0.1) is 0 Å². The second-order valence-corrected chi connectivity index (χ2v) is 3.39. The Hall–Kier alpha value is -2.29. The van der Waals surface area contributed by atoms with E-state index in [1.54, 1.807) is 6.20 Å². The van der Waals surface area contributed by atoms with Crippen molar-refractivity contribution in [3.05, 3.63) is 54.9 Å². The van der Waals surface area contributed by atoms with Crippen LogP contribution in [0.1, 0.15) is 0 Å². The van der Waals surface area contributed by atoms with Crippen LogP contribution in [-0.4, -0.2) is 15.0 Å². The summed E-state index contributed by atoms with van der Waals surface area (Å²) in [6, 6.07) is 13.4. The number of para-hydroxylation sites is 2. The number of rotatable bonds is 1. The molecule has 0 amide bonds. The first-order valence-electron chi connectivity index (χ1n) is 4.99. The highest BCUT2D eigenvalue weighted by Gasteiger charge is 2.02. The smallest absolute Gasteiger partial charge is 0.120 e. The molecule has 0 saturated carbocycles. The Kier molecular flexibility index (Phi) is 2.07. The van der Waals surface area contributed by atoms with Crippen molar-refractivity contribution in [2.24, 2.45) is 0 Å². The summed E-state index contributed by atoms with van der Waals surface area (Å²) in [5, 5.41) is 0. The summed E-state index contributed by atoms with van der Waals surface area (Å²) in [5.74, 6) is 0. The molecule has 1 radical (unpaired) electrons. The number of fused-ring (bicyclic) bond motifs is 1. The van der Waals surface area contributed by atoms with Crippen LogP contribution < -0.4 is 0 Å². The lowest BCUT2D eigenvalue weighted by Gasteiger charge is -2.00. The highest BCUT2D eigenvalue weighted by Crippen LogP contribution is 2.15. The molecule has 3 rings (SSSR count). The van der Waals surface area contributed by atoms with Gasteiger partial charge in [-0.3, -0.25) is 4.98 Å². The summed E-state index contributed by atoms with van der Waals surface area (Å²) < 4.78 is 0. The van der Waals surface area contributed by atoms with Gasteiger partial charge in [0.15, 0.2) is 0 Å². The van der Waals surface area contributed by atoms with E-state index in [9.17, 15) is 0 Å². The summed E-state index contributed by atoms with van der Waals surface area (Å²) in [4.78, 5) is 12.9. The third-order valence-electron chi connectivity index (χ3n) is 2.30. The number of hydrogen-bond donors (Lipinski definition) is 0. The predicted molar refractivity (Wildman–Crippen MR) is 61.6 cm³/mol. The zero-order valence-corrected chi connectivity index (χ0v) is 8.46. The van der Waals surface area contributed by atoms with Gasteiger partial charge in [-0.2, -0.15) is 0 Å². The van der Waals surface area contributed by atoms with E-state index in [1.807, 2.05) is 42.5 Å². The van der Waals surface area contributed by atoms with Crippen molar-refractivity contribution in [2.75, 3.05) is 0 Å². The van der Waals surface area contributed by atoms with Crippen molar-refractivity contribution >= 4 is 11.0 Å². The summed E-state index contributed by atoms with van der Waals surface area (Å²) in [5.41, 5.74) is 3.18. The van der Waals surface area contributed by atoms with Crippen LogP contribution in [-0.2, 0) is 0 Å². The van der Waals surface area contributed by atoms with Gasteiger partial charge in [0.25, 0.3) is 0 Å². The molecule has 3 heteroatoms. The molecule has 0 atom stereocenters. The highest BCUT2D eigenvalue weighted by molar-refractivity contribution is 5.75. The molecule has 0 aliphatic carbocycles. The van der Waals surface area contributed by atoms with Crippen molar-refractivity contribution in [2.45, 2.75) is 0 Å². The fraction of sp³-hybridized carbons (Fsp3) is 0. The van der Waals surface area contributed by atoms with Crippen LogP contribution >= 0.6 is 0 Å². The monoisotopic (exact) mass is 206 g/mol. The molecule has 0 bridgehead atoms. The largest absolute Gasteiger partial charge is 0.255 e. The maximum absolute atomic E-state index is 4.46. The van der Waals surface area contributed by atoms with E-state index in [4.69, 9.17) is 0 Å². The lowest BCUT2D eigenvalue weighted by atomic mass is 10.2. The van der Waals surface area contributed by atoms with Crippen molar-refractivity contribution in [3.63, 3.8) is 0 Å². The van der Waals surface area contributed by atoms with Gasteiger partial charge < -0.3 is 0 Å². The van der Waals surface area contributed by atoms with E-state index in [0.717, 1.165) is 16.7 Å². The lowest BCUT2D eigenvalue weighted by molar-refractivity contribution is 1.23. The lowest BCUT2D eigenvalue weighted by Crippen LogP contribution is -1.90. The number of nitrogens with zero attached hydrogens (tertiary/aromatic N) is 3. The molecule has 0 unspecified atom stereocenters. The minimum Gasteiger partial charge on any atom is -0.255 e. The zero-order chi connectivity index (χ0) is 10.8. The Morgan fingerprint density at radius 1 is 0.875 bits per heavy atom. The van der Waals surface area contributed by atoms with Gasteiger partial charge in [-0.1, -0.05) is 18.2 Å². The van der Waals surface area contributed by atoms with Crippen LogP contribution in [0, 0.1) is 6.20 Å². The van der Waals surface area contributed by atoms with Crippen LogP contribution in [0.5, 0.6) is 0 Å². The fourth-order valence-electron chi connectivity index (χ4n) is 1.53. The highest BCUT2D eigenvalue weighted by atomic mass is 14.8. The molecule has 1 aromatic carbocycles. The standard InChI is InChI=1S/C13H8N3/c1-2-7-12-10(5-1)15-9-13(16-12)11-6-3-4-8-14-11/h1-8H. The topological polar surface area (TPSA) is 38.7 Å². The fourth-order valence-corrected chi connectivity index (χ4v) is 1.53. The molecule has 0 spiro atoms. The predicted octanol–water partition coefficient (Wildman–Crippen LogP) is 2.49. The van der Waals surface area contributed by atoms with Gasteiger partial charge in [0.2, 0.25) is 0 Å². The van der Waals surface area contributed by atoms with Crippen LogP contribution in [0.4, 0.5) is 0 Å². The Morgan fingerprint density at radius 3 is 2.50 bits per heavy atom. The number of aromatic nitrogens is 3. The third-order valence-corrected chi connectivity index (χ3v) is 2.30. The number of benzene rings is 1. The zero-order valence-electron chi connectivity index (χ0n) is 8.46. The maximum atomic E-state index is 4.46. The molecule has 0 N–H and O–H groups in total. The molecule has 0 fully saturated rings. The first kappa shape index (κ1) is 8.97. The molecule has 0 aliphatic heterocycles. The Labute approximate surface area is 92.8 Å². The molecule has 0 saturated heterocycles. The first-order valence-corrected chi connectivity index (χ1v) is 4.99. The molecule has 3 aromatic rings. The number of hydrogen-bond acceptors (Lipinski definition) is 3. The Balaban J connectivity index is 2.19. The molecule has 2 heterocycles. The van der Waals surface area contributed by atoms with Crippen LogP contribution in [0.25, 0.3) is 22.4 Å². The first-order chi connectivity index (χ1) is 7.93. The molecule has 2 aromatic heterocycles. The maximum Gasteiger partial charge on any atom is 0.120 e. The summed E-state index contributed by atoms with van der Waals surface area (Å²) in [6.07, 6.45) is 4.64. The second-order valence-electron chi connectivity index (χ2n) is 3.39. The van der Waals surface area contributed by atoms with E-state index < -0.39 is 0 Å². The van der Waals surface area contributed by atoms with Crippen LogP contribution in [0.2, 0.25) is 0 Å². The minimum absolute atomic E-state index is 0.680. The van der Waals surface area contributed by atoms with E-state index in [2.05, 4.69) is 21.1 Å². The molecular weight excluding hydrogens is 198 g/mol. The van der Waals surface area contributed by atoms with E-state index >= 15 is 0 Å². The van der Waals surface area contributed by atoms with Gasteiger partial charge in [0, 0.05) is 6.20 Å². The normalized spacial score (nSPS) is 10.5. The third kappa shape index (κ3) is 1.52. The second kappa shape index (κ2) is 3.70. The van der Waals surface area contributed by atoms with E-state index in [1.165, 1.54) is 0 Å². The van der Waals surface area contributed by atoms with Crippen molar-refractivity contribution in [1.29, 1.82) is 0 Å². The quantitative estimate of drug-likeness (QED) is 0.614. The Bertz CT molecular complexity index is 620. The molecule has 75 valence electrons. The minimum atomic E-state index is 0.680. The summed E-state index contributed by atoms with van der Waals surface area (Å²) in [6.45, 7) is 0.